The minimum Gasteiger partial charge on any atom is -0.375 e. The van der Waals surface area contributed by atoms with E-state index in [0.717, 1.165) is 5.56 Å². The zero-order chi connectivity index (χ0) is 12.7. The average Bonchev–Trinajstić information content (AvgIpc) is 2.71. The van der Waals surface area contributed by atoms with E-state index in [1.165, 1.54) is 22.0 Å². The molecular formula is C11H9N5OS. The van der Waals surface area contributed by atoms with Gasteiger partial charge in [-0.25, -0.2) is 9.97 Å². The second kappa shape index (κ2) is 3.88. The first-order chi connectivity index (χ1) is 8.63. The molecule has 0 fully saturated rings. The van der Waals surface area contributed by atoms with Gasteiger partial charge in [-0.2, -0.15) is 4.98 Å². The third-order valence-corrected chi connectivity index (χ3v) is 3.29. The fraction of sp³-hybridized carbons (Fsp3) is 0.0909. The summed E-state index contributed by atoms with van der Waals surface area (Å²) in [5.41, 5.74) is 7.62. The fourth-order valence-corrected chi connectivity index (χ4v) is 2.29. The Kier molecular flexibility index (Phi) is 2.34. The van der Waals surface area contributed by atoms with Crippen LogP contribution in [0.1, 0.15) is 0 Å². The van der Waals surface area contributed by atoms with E-state index in [1.54, 1.807) is 25.5 Å². The van der Waals surface area contributed by atoms with E-state index >= 15 is 0 Å². The first-order valence-corrected chi connectivity index (χ1v) is 6.01. The van der Waals surface area contributed by atoms with Crippen molar-refractivity contribution in [1.82, 2.24) is 19.5 Å². The summed E-state index contributed by atoms with van der Waals surface area (Å²) in [6, 6.07) is 3.23. The number of hydrogen-bond acceptors (Lipinski definition) is 6. The zero-order valence-electron chi connectivity index (χ0n) is 9.49. The van der Waals surface area contributed by atoms with Crippen LogP contribution in [0.4, 0.5) is 5.13 Å². The molecule has 0 amide bonds. The van der Waals surface area contributed by atoms with Crippen LogP contribution in [0.3, 0.4) is 0 Å². The number of nitrogens with two attached hydrogens (primary N) is 1. The highest BCUT2D eigenvalue weighted by Crippen LogP contribution is 2.23. The second-order valence-corrected chi connectivity index (χ2v) is 4.81. The third-order valence-electron chi connectivity index (χ3n) is 2.52. The van der Waals surface area contributed by atoms with Crippen LogP contribution in [-0.4, -0.2) is 19.5 Å². The molecule has 18 heavy (non-hydrogen) atoms. The molecule has 3 heterocycles. The van der Waals surface area contributed by atoms with E-state index in [4.69, 9.17) is 5.73 Å². The van der Waals surface area contributed by atoms with Gasteiger partial charge in [-0.15, -0.1) is 0 Å². The summed E-state index contributed by atoms with van der Waals surface area (Å²) in [5.74, 6) is 0. The van der Waals surface area contributed by atoms with Crippen molar-refractivity contribution in [3.05, 3.63) is 34.9 Å². The van der Waals surface area contributed by atoms with Crippen LogP contribution < -0.4 is 11.3 Å². The summed E-state index contributed by atoms with van der Waals surface area (Å²) in [4.78, 5) is 24.7. The molecule has 0 spiro atoms. The van der Waals surface area contributed by atoms with E-state index in [2.05, 4.69) is 15.0 Å². The van der Waals surface area contributed by atoms with E-state index in [0.29, 0.717) is 21.3 Å². The Balaban J connectivity index is 2.18. The van der Waals surface area contributed by atoms with Gasteiger partial charge in [0.25, 0.3) is 0 Å². The fourth-order valence-electron chi connectivity index (χ4n) is 1.62. The Morgan fingerprint density at radius 3 is 2.94 bits per heavy atom. The number of rotatable bonds is 1. The van der Waals surface area contributed by atoms with Gasteiger partial charge in [0, 0.05) is 24.9 Å². The molecule has 3 rings (SSSR count). The lowest BCUT2D eigenvalue weighted by Crippen LogP contribution is -2.14. The number of thiazole rings is 1. The van der Waals surface area contributed by atoms with Crippen molar-refractivity contribution in [3.63, 3.8) is 0 Å². The first kappa shape index (κ1) is 10.8. The van der Waals surface area contributed by atoms with Crippen LogP contribution >= 0.6 is 11.3 Å². The van der Waals surface area contributed by atoms with Gasteiger partial charge in [-0.05, 0) is 6.07 Å². The quantitative estimate of drug-likeness (QED) is 0.705. The summed E-state index contributed by atoms with van der Waals surface area (Å²) in [5, 5.41) is 0.447. The Morgan fingerprint density at radius 2 is 2.17 bits per heavy atom. The Labute approximate surface area is 106 Å². The minimum absolute atomic E-state index is 0.0604. The Morgan fingerprint density at radius 1 is 1.33 bits per heavy atom. The van der Waals surface area contributed by atoms with Gasteiger partial charge >= 0.3 is 0 Å². The van der Waals surface area contributed by atoms with Crippen molar-refractivity contribution in [2.45, 2.75) is 0 Å². The molecule has 0 saturated carbocycles. The molecule has 0 saturated heterocycles. The standard InChI is InChI=1S/C11H9N5OS/c1-16-5-6(2-3-8(16)17)7-4-13-9-10(14-7)18-11(12)15-9/h2-5H,1H3,(H2,12,13,15). The van der Waals surface area contributed by atoms with Gasteiger partial charge in [0.1, 0.15) is 0 Å². The highest BCUT2D eigenvalue weighted by Gasteiger charge is 2.07. The Hall–Kier alpha value is -2.28. The largest absolute Gasteiger partial charge is 0.375 e. The number of aryl methyl sites for hydroxylation is 1. The molecule has 0 radical (unpaired) electrons. The van der Waals surface area contributed by atoms with Crippen LogP contribution in [0, 0.1) is 0 Å². The molecule has 3 aromatic heterocycles. The van der Waals surface area contributed by atoms with Crippen molar-refractivity contribution >= 4 is 26.9 Å². The van der Waals surface area contributed by atoms with Gasteiger partial charge < -0.3 is 10.3 Å². The number of nitrogen functional groups attached to an aromatic ring is 1. The SMILES string of the molecule is Cn1cc(-c2cnc3nc(N)sc3n2)ccc1=O. The van der Waals surface area contributed by atoms with E-state index in [1.807, 2.05) is 0 Å². The molecule has 6 nitrogen and oxygen atoms in total. The van der Waals surface area contributed by atoms with Crippen molar-refractivity contribution < 1.29 is 0 Å². The predicted octanol–water partition coefficient (Wildman–Crippen LogP) is 1.03. The molecule has 7 heteroatoms. The van der Waals surface area contributed by atoms with Crippen LogP contribution in [0.2, 0.25) is 0 Å². The molecule has 90 valence electrons. The van der Waals surface area contributed by atoms with Crippen molar-refractivity contribution in [2.24, 2.45) is 7.05 Å². The van der Waals surface area contributed by atoms with Crippen LogP contribution in [0.15, 0.2) is 29.3 Å². The zero-order valence-corrected chi connectivity index (χ0v) is 10.3. The molecule has 0 aromatic carbocycles. The molecular weight excluding hydrogens is 250 g/mol. The monoisotopic (exact) mass is 259 g/mol. The van der Waals surface area contributed by atoms with Crippen molar-refractivity contribution in [2.75, 3.05) is 5.73 Å². The van der Waals surface area contributed by atoms with Gasteiger partial charge in [-0.3, -0.25) is 4.79 Å². The lowest BCUT2D eigenvalue weighted by Gasteiger charge is -2.02. The number of nitrogens with zero attached hydrogens (tertiary/aromatic N) is 4. The van der Waals surface area contributed by atoms with E-state index in [-0.39, 0.29) is 5.56 Å². The van der Waals surface area contributed by atoms with E-state index in [9.17, 15) is 4.79 Å². The maximum Gasteiger partial charge on any atom is 0.250 e. The number of aromatic nitrogens is 4. The smallest absolute Gasteiger partial charge is 0.250 e. The molecule has 3 aromatic rings. The minimum atomic E-state index is -0.0604. The Bertz CT molecular complexity index is 791. The molecule has 0 aliphatic rings. The topological polar surface area (TPSA) is 86.7 Å². The normalized spacial score (nSPS) is 10.9. The summed E-state index contributed by atoms with van der Waals surface area (Å²) >= 11 is 1.29. The van der Waals surface area contributed by atoms with Gasteiger partial charge in [-0.1, -0.05) is 11.3 Å². The number of fused-ring (bicyclic) bond motifs is 1. The molecule has 0 aliphatic heterocycles. The summed E-state index contributed by atoms with van der Waals surface area (Å²) < 4.78 is 1.50. The van der Waals surface area contributed by atoms with Crippen molar-refractivity contribution in [3.8, 4) is 11.3 Å². The van der Waals surface area contributed by atoms with Crippen LogP contribution in [0.5, 0.6) is 0 Å². The maximum atomic E-state index is 11.3. The molecule has 0 bridgehead atoms. The van der Waals surface area contributed by atoms with Gasteiger partial charge in [0.2, 0.25) is 5.56 Å². The van der Waals surface area contributed by atoms with E-state index < -0.39 is 0 Å². The number of anilines is 1. The first-order valence-electron chi connectivity index (χ1n) is 5.19. The maximum absolute atomic E-state index is 11.3. The predicted molar refractivity (Wildman–Crippen MR) is 70.3 cm³/mol. The lowest BCUT2D eigenvalue weighted by molar-refractivity contribution is 0.861. The van der Waals surface area contributed by atoms with Gasteiger partial charge in [0.15, 0.2) is 15.6 Å². The lowest BCUT2D eigenvalue weighted by atomic mass is 10.2. The molecule has 0 unspecified atom stereocenters. The highest BCUT2D eigenvalue weighted by molar-refractivity contribution is 7.21. The third kappa shape index (κ3) is 1.74. The van der Waals surface area contributed by atoms with Crippen molar-refractivity contribution in [1.29, 1.82) is 0 Å². The second-order valence-electron chi connectivity index (χ2n) is 3.80. The van der Waals surface area contributed by atoms with Crippen LogP contribution in [-0.2, 0) is 7.05 Å². The molecule has 0 atom stereocenters. The highest BCUT2D eigenvalue weighted by atomic mass is 32.1. The van der Waals surface area contributed by atoms with Crippen LogP contribution in [0.25, 0.3) is 21.7 Å². The number of pyridine rings is 1. The summed E-state index contributed by atoms with van der Waals surface area (Å²) in [6.45, 7) is 0. The molecule has 2 N–H and O–H groups in total. The number of hydrogen-bond donors (Lipinski definition) is 1. The summed E-state index contributed by atoms with van der Waals surface area (Å²) in [6.07, 6.45) is 3.35. The average molecular weight is 259 g/mol. The molecule has 0 aliphatic carbocycles. The van der Waals surface area contributed by atoms with Gasteiger partial charge in [0.05, 0.1) is 11.9 Å². The summed E-state index contributed by atoms with van der Waals surface area (Å²) in [7, 11) is 1.70.